The normalized spacial score (nSPS) is 10.4. The first-order valence-electron chi connectivity index (χ1n) is 5.77. The lowest BCUT2D eigenvalue weighted by atomic mass is 10.2. The lowest BCUT2D eigenvalue weighted by molar-refractivity contribution is 0.0691. The molecule has 2 rings (SSSR count). The fraction of sp³-hybridized carbons (Fsp3) is 0.231. The van der Waals surface area contributed by atoms with Gasteiger partial charge in [0.2, 0.25) is 0 Å². The molecule has 100 valence electrons. The summed E-state index contributed by atoms with van der Waals surface area (Å²) in [5, 5.41) is 13.2. The summed E-state index contributed by atoms with van der Waals surface area (Å²) in [5.41, 5.74) is 1.03. The average Bonchev–Trinajstić information content (AvgIpc) is 2.85. The number of halogens is 1. The van der Waals surface area contributed by atoms with E-state index in [9.17, 15) is 4.79 Å². The van der Waals surface area contributed by atoms with Gasteiger partial charge in [0.25, 0.3) is 0 Å². The topological polar surface area (TPSA) is 64.3 Å². The predicted molar refractivity (Wildman–Crippen MR) is 73.3 cm³/mol. The first-order valence-corrected chi connectivity index (χ1v) is 6.57. The maximum absolute atomic E-state index is 11.1. The summed E-state index contributed by atoms with van der Waals surface area (Å²) in [6, 6.07) is 4.92. The average molecular weight is 325 g/mol. The molecule has 0 aliphatic carbocycles. The molecule has 0 radical (unpaired) electrons. The molecule has 1 aromatic carbocycles. The van der Waals surface area contributed by atoms with Crippen LogP contribution in [-0.4, -0.2) is 20.9 Å². The van der Waals surface area contributed by atoms with Gasteiger partial charge in [-0.25, -0.2) is 4.79 Å². The highest BCUT2D eigenvalue weighted by molar-refractivity contribution is 9.10. The monoisotopic (exact) mass is 324 g/mol. The molecule has 1 aromatic heterocycles. The van der Waals surface area contributed by atoms with Crippen LogP contribution >= 0.6 is 15.9 Å². The van der Waals surface area contributed by atoms with Gasteiger partial charge in [-0.3, -0.25) is 4.68 Å². The lowest BCUT2D eigenvalue weighted by Crippen LogP contribution is -2.03. The number of hydrogen-bond acceptors (Lipinski definition) is 3. The summed E-state index contributed by atoms with van der Waals surface area (Å²) in [4.78, 5) is 11.1. The number of rotatable bonds is 5. The van der Waals surface area contributed by atoms with Crippen molar-refractivity contribution >= 4 is 21.9 Å². The Morgan fingerprint density at radius 1 is 1.53 bits per heavy atom. The Hall–Kier alpha value is -1.82. The summed E-state index contributed by atoms with van der Waals surface area (Å²) in [6.45, 7) is 3.06. The molecule has 0 aliphatic heterocycles. The number of carboxylic acids is 1. The van der Waals surface area contributed by atoms with Gasteiger partial charge in [0.1, 0.15) is 17.9 Å². The molecule has 1 N–H and O–H groups in total. The van der Waals surface area contributed by atoms with Crippen LogP contribution in [0.4, 0.5) is 0 Å². The third-order valence-electron chi connectivity index (χ3n) is 2.59. The van der Waals surface area contributed by atoms with Gasteiger partial charge in [-0.1, -0.05) is 6.07 Å². The SMILES string of the molecule is CCn1cc(COc2c(Br)cccc2C(=O)O)cn1. The molecular formula is C13H13BrN2O3. The van der Waals surface area contributed by atoms with Crippen molar-refractivity contribution in [2.45, 2.75) is 20.1 Å². The van der Waals surface area contributed by atoms with Crippen LogP contribution < -0.4 is 4.74 Å². The van der Waals surface area contributed by atoms with E-state index in [-0.39, 0.29) is 12.2 Å². The van der Waals surface area contributed by atoms with Crippen molar-refractivity contribution < 1.29 is 14.6 Å². The smallest absolute Gasteiger partial charge is 0.339 e. The molecule has 0 atom stereocenters. The number of ether oxygens (including phenoxy) is 1. The van der Waals surface area contributed by atoms with E-state index in [2.05, 4.69) is 21.0 Å². The maximum atomic E-state index is 11.1. The molecule has 0 unspecified atom stereocenters. The highest BCUT2D eigenvalue weighted by Gasteiger charge is 2.14. The van der Waals surface area contributed by atoms with Gasteiger partial charge in [-0.2, -0.15) is 5.10 Å². The molecule has 0 amide bonds. The quantitative estimate of drug-likeness (QED) is 0.918. The zero-order valence-electron chi connectivity index (χ0n) is 10.3. The van der Waals surface area contributed by atoms with E-state index in [4.69, 9.17) is 9.84 Å². The number of aryl methyl sites for hydroxylation is 1. The molecule has 0 fully saturated rings. The second-order valence-corrected chi connectivity index (χ2v) is 4.77. The number of nitrogens with zero attached hydrogens (tertiary/aromatic N) is 2. The van der Waals surface area contributed by atoms with Crippen LogP contribution in [0.3, 0.4) is 0 Å². The van der Waals surface area contributed by atoms with Crippen LogP contribution in [0.1, 0.15) is 22.8 Å². The molecule has 0 saturated heterocycles. The van der Waals surface area contributed by atoms with Crippen LogP contribution in [0, 0.1) is 0 Å². The molecule has 0 spiro atoms. The Bertz CT molecular complexity index is 595. The minimum atomic E-state index is -1.01. The van der Waals surface area contributed by atoms with Crippen molar-refractivity contribution in [2.24, 2.45) is 0 Å². The summed E-state index contributed by atoms with van der Waals surface area (Å²) in [5.74, 6) is -0.681. The molecule has 0 aliphatic rings. The van der Waals surface area contributed by atoms with E-state index in [1.807, 2.05) is 13.1 Å². The Morgan fingerprint density at radius 2 is 2.32 bits per heavy atom. The van der Waals surface area contributed by atoms with Crippen molar-refractivity contribution in [1.82, 2.24) is 9.78 Å². The Balaban J connectivity index is 2.17. The molecule has 6 heteroatoms. The number of carbonyl (C=O) groups is 1. The number of para-hydroxylation sites is 1. The van der Waals surface area contributed by atoms with Crippen molar-refractivity contribution in [1.29, 1.82) is 0 Å². The summed E-state index contributed by atoms with van der Waals surface area (Å²) >= 11 is 3.30. The third kappa shape index (κ3) is 3.14. The number of aromatic nitrogens is 2. The van der Waals surface area contributed by atoms with Crippen LogP contribution in [0.15, 0.2) is 35.1 Å². The zero-order chi connectivity index (χ0) is 13.8. The number of benzene rings is 1. The largest absolute Gasteiger partial charge is 0.487 e. The van der Waals surface area contributed by atoms with Crippen LogP contribution in [-0.2, 0) is 13.2 Å². The first-order chi connectivity index (χ1) is 9.11. The highest BCUT2D eigenvalue weighted by atomic mass is 79.9. The third-order valence-corrected chi connectivity index (χ3v) is 3.22. The molecule has 0 saturated carbocycles. The molecule has 19 heavy (non-hydrogen) atoms. The van der Waals surface area contributed by atoms with Gasteiger partial charge in [-0.15, -0.1) is 0 Å². The number of aromatic carboxylic acids is 1. The minimum absolute atomic E-state index is 0.136. The molecule has 0 bridgehead atoms. The Labute approximate surface area is 118 Å². The van der Waals surface area contributed by atoms with Crippen molar-refractivity contribution in [2.75, 3.05) is 0 Å². The second kappa shape index (κ2) is 5.88. The standard InChI is InChI=1S/C13H13BrN2O3/c1-2-16-7-9(6-15-16)8-19-12-10(13(17)18)4-3-5-11(12)14/h3-7H,2,8H2,1H3,(H,17,18). The molecular weight excluding hydrogens is 312 g/mol. The summed E-state index contributed by atoms with van der Waals surface area (Å²) in [6.07, 6.45) is 3.58. The molecule has 5 nitrogen and oxygen atoms in total. The van der Waals surface area contributed by atoms with Gasteiger partial charge in [-0.05, 0) is 35.0 Å². The van der Waals surface area contributed by atoms with Crippen molar-refractivity contribution in [3.8, 4) is 5.75 Å². The maximum Gasteiger partial charge on any atom is 0.339 e. The van der Waals surface area contributed by atoms with E-state index in [1.54, 1.807) is 23.0 Å². The van der Waals surface area contributed by atoms with Gasteiger partial charge in [0, 0.05) is 18.3 Å². The summed E-state index contributed by atoms with van der Waals surface area (Å²) < 4.78 is 8.00. The Morgan fingerprint density at radius 3 is 2.95 bits per heavy atom. The minimum Gasteiger partial charge on any atom is -0.487 e. The van der Waals surface area contributed by atoms with Gasteiger partial charge < -0.3 is 9.84 Å². The van der Waals surface area contributed by atoms with E-state index < -0.39 is 5.97 Å². The van der Waals surface area contributed by atoms with Crippen LogP contribution in [0.5, 0.6) is 5.75 Å². The van der Waals surface area contributed by atoms with Crippen molar-refractivity contribution in [3.05, 3.63) is 46.2 Å². The number of carboxylic acid groups (broad SMARTS) is 1. The second-order valence-electron chi connectivity index (χ2n) is 3.91. The van der Waals surface area contributed by atoms with Gasteiger partial charge in [0.05, 0.1) is 10.7 Å². The van der Waals surface area contributed by atoms with E-state index >= 15 is 0 Å². The molecule has 1 heterocycles. The first kappa shape index (κ1) is 13.6. The highest BCUT2D eigenvalue weighted by Crippen LogP contribution is 2.29. The summed E-state index contributed by atoms with van der Waals surface area (Å²) in [7, 11) is 0. The fourth-order valence-corrected chi connectivity index (χ4v) is 2.11. The van der Waals surface area contributed by atoms with E-state index in [0.29, 0.717) is 10.2 Å². The van der Waals surface area contributed by atoms with Crippen LogP contribution in [0.2, 0.25) is 0 Å². The van der Waals surface area contributed by atoms with Gasteiger partial charge >= 0.3 is 5.97 Å². The Kier molecular flexibility index (Phi) is 4.21. The van der Waals surface area contributed by atoms with Crippen LogP contribution in [0.25, 0.3) is 0 Å². The predicted octanol–water partition coefficient (Wildman–Crippen LogP) is 2.94. The van der Waals surface area contributed by atoms with E-state index in [1.165, 1.54) is 6.07 Å². The van der Waals surface area contributed by atoms with Gasteiger partial charge in [0.15, 0.2) is 0 Å². The van der Waals surface area contributed by atoms with E-state index in [0.717, 1.165) is 12.1 Å². The fourth-order valence-electron chi connectivity index (χ4n) is 1.63. The molecule has 2 aromatic rings. The zero-order valence-corrected chi connectivity index (χ0v) is 11.9. The lowest BCUT2D eigenvalue weighted by Gasteiger charge is -2.09. The number of hydrogen-bond donors (Lipinski definition) is 1. The van der Waals surface area contributed by atoms with Crippen molar-refractivity contribution in [3.63, 3.8) is 0 Å².